The van der Waals surface area contributed by atoms with Gasteiger partial charge in [-0.3, -0.25) is 4.79 Å². The molecule has 20 heavy (non-hydrogen) atoms. The Morgan fingerprint density at radius 2 is 1.95 bits per heavy atom. The van der Waals surface area contributed by atoms with Crippen molar-refractivity contribution in [1.29, 1.82) is 0 Å². The van der Waals surface area contributed by atoms with Gasteiger partial charge in [0.15, 0.2) is 0 Å². The molecule has 2 unspecified atom stereocenters. The monoisotopic (exact) mass is 316 g/mol. The quantitative estimate of drug-likeness (QED) is 0.874. The van der Waals surface area contributed by atoms with Crippen LogP contribution in [0.15, 0.2) is 18.2 Å². The van der Waals surface area contributed by atoms with Gasteiger partial charge in [-0.1, -0.05) is 36.2 Å². The van der Waals surface area contributed by atoms with Crippen molar-refractivity contribution in [3.8, 4) is 0 Å². The van der Waals surface area contributed by atoms with E-state index in [-0.39, 0.29) is 17.9 Å². The number of amides is 1. The Morgan fingerprint density at radius 1 is 1.35 bits per heavy atom. The van der Waals surface area contributed by atoms with Gasteiger partial charge in [-0.15, -0.1) is 0 Å². The molecule has 0 aliphatic heterocycles. The minimum absolute atomic E-state index is 0.0462. The lowest BCUT2D eigenvalue weighted by Crippen LogP contribution is -2.49. The maximum atomic E-state index is 12.1. The number of rotatable bonds is 5. The van der Waals surface area contributed by atoms with Crippen molar-refractivity contribution < 1.29 is 4.79 Å². The van der Waals surface area contributed by atoms with Gasteiger partial charge in [-0.2, -0.15) is 0 Å². The third kappa shape index (κ3) is 4.97. The Bertz CT molecular complexity index is 487. The first kappa shape index (κ1) is 17.3. The zero-order valence-electron chi connectivity index (χ0n) is 12.3. The van der Waals surface area contributed by atoms with E-state index in [1.165, 1.54) is 0 Å². The van der Waals surface area contributed by atoms with Crippen LogP contribution >= 0.6 is 23.2 Å². The van der Waals surface area contributed by atoms with E-state index in [1.807, 2.05) is 33.8 Å². The molecule has 0 aromatic heterocycles. The standard InChI is InChI=1S/C15H22Cl2N2O/c1-9(10(2)18)14(20)19-15(3,4)8-11-5-6-12(16)7-13(11)17/h5-7,9-10H,8,18H2,1-4H3,(H,19,20). The molecule has 0 heterocycles. The van der Waals surface area contributed by atoms with Crippen LogP contribution in [0.25, 0.3) is 0 Å². The molecule has 112 valence electrons. The molecule has 0 aliphatic carbocycles. The van der Waals surface area contributed by atoms with E-state index in [0.29, 0.717) is 16.5 Å². The predicted octanol–water partition coefficient (Wildman–Crippen LogP) is 3.41. The van der Waals surface area contributed by atoms with E-state index in [2.05, 4.69) is 5.32 Å². The van der Waals surface area contributed by atoms with E-state index in [1.54, 1.807) is 12.1 Å². The molecule has 5 heteroatoms. The third-order valence-corrected chi connectivity index (χ3v) is 3.90. The predicted molar refractivity (Wildman–Crippen MR) is 85.2 cm³/mol. The highest BCUT2D eigenvalue weighted by Crippen LogP contribution is 2.24. The van der Waals surface area contributed by atoms with Gasteiger partial charge in [0.1, 0.15) is 0 Å². The lowest BCUT2D eigenvalue weighted by atomic mass is 9.93. The molecule has 1 rings (SSSR count). The van der Waals surface area contributed by atoms with Crippen molar-refractivity contribution in [2.75, 3.05) is 0 Å². The molecule has 3 N–H and O–H groups in total. The molecule has 0 radical (unpaired) electrons. The number of carbonyl (C=O) groups excluding carboxylic acids is 1. The fraction of sp³-hybridized carbons (Fsp3) is 0.533. The fourth-order valence-corrected chi connectivity index (χ4v) is 2.35. The van der Waals surface area contributed by atoms with Crippen molar-refractivity contribution in [2.45, 2.75) is 45.7 Å². The van der Waals surface area contributed by atoms with Crippen molar-refractivity contribution in [3.63, 3.8) is 0 Å². The average Bonchev–Trinajstić information content (AvgIpc) is 2.31. The summed E-state index contributed by atoms with van der Waals surface area (Å²) in [7, 11) is 0. The van der Waals surface area contributed by atoms with Crippen LogP contribution in [-0.4, -0.2) is 17.5 Å². The second kappa shape index (κ2) is 6.79. The van der Waals surface area contributed by atoms with Gasteiger partial charge in [-0.05, 0) is 44.9 Å². The zero-order valence-corrected chi connectivity index (χ0v) is 13.8. The van der Waals surface area contributed by atoms with Crippen molar-refractivity contribution >= 4 is 29.1 Å². The van der Waals surface area contributed by atoms with Crippen molar-refractivity contribution in [2.24, 2.45) is 11.7 Å². The molecule has 3 nitrogen and oxygen atoms in total. The first-order valence-corrected chi connectivity index (χ1v) is 7.39. The summed E-state index contributed by atoms with van der Waals surface area (Å²) < 4.78 is 0. The first-order chi connectivity index (χ1) is 9.12. The average molecular weight is 317 g/mol. The summed E-state index contributed by atoms with van der Waals surface area (Å²) in [5.74, 6) is -0.273. The number of carbonyl (C=O) groups is 1. The lowest BCUT2D eigenvalue weighted by Gasteiger charge is -2.29. The topological polar surface area (TPSA) is 55.1 Å². The van der Waals surface area contributed by atoms with Crippen LogP contribution in [0.1, 0.15) is 33.3 Å². The number of halogens is 2. The Kier molecular flexibility index (Phi) is 5.87. The normalized spacial score (nSPS) is 14.8. The zero-order chi connectivity index (χ0) is 15.5. The first-order valence-electron chi connectivity index (χ1n) is 6.64. The van der Waals surface area contributed by atoms with Gasteiger partial charge < -0.3 is 11.1 Å². The van der Waals surface area contributed by atoms with E-state index in [9.17, 15) is 4.79 Å². The van der Waals surface area contributed by atoms with Gasteiger partial charge in [0, 0.05) is 27.5 Å². The van der Waals surface area contributed by atoms with Crippen LogP contribution in [0.2, 0.25) is 10.0 Å². The highest BCUT2D eigenvalue weighted by Gasteiger charge is 2.26. The van der Waals surface area contributed by atoms with Gasteiger partial charge in [0.2, 0.25) is 5.91 Å². The Balaban J connectivity index is 2.77. The van der Waals surface area contributed by atoms with Gasteiger partial charge >= 0.3 is 0 Å². The SMILES string of the molecule is CC(N)C(C)C(=O)NC(C)(C)Cc1ccc(Cl)cc1Cl. The molecule has 0 fully saturated rings. The third-order valence-electron chi connectivity index (χ3n) is 3.31. The van der Waals surface area contributed by atoms with E-state index < -0.39 is 5.54 Å². The molecule has 1 aromatic carbocycles. The minimum atomic E-state index is -0.405. The smallest absolute Gasteiger partial charge is 0.224 e. The number of hydrogen-bond donors (Lipinski definition) is 2. The van der Waals surface area contributed by atoms with Gasteiger partial charge in [0.05, 0.1) is 0 Å². The Morgan fingerprint density at radius 3 is 2.45 bits per heavy atom. The highest BCUT2D eigenvalue weighted by molar-refractivity contribution is 6.35. The molecular formula is C15H22Cl2N2O. The second-order valence-electron chi connectivity index (χ2n) is 5.93. The van der Waals surface area contributed by atoms with Crippen LogP contribution in [0.4, 0.5) is 0 Å². The number of nitrogens with two attached hydrogens (primary N) is 1. The second-order valence-corrected chi connectivity index (χ2v) is 6.78. The van der Waals surface area contributed by atoms with E-state index in [4.69, 9.17) is 28.9 Å². The van der Waals surface area contributed by atoms with Crippen molar-refractivity contribution in [1.82, 2.24) is 5.32 Å². The number of nitrogens with one attached hydrogen (secondary N) is 1. The molecule has 0 saturated carbocycles. The summed E-state index contributed by atoms with van der Waals surface area (Å²) >= 11 is 12.0. The van der Waals surface area contributed by atoms with Crippen LogP contribution in [0.5, 0.6) is 0 Å². The summed E-state index contributed by atoms with van der Waals surface area (Å²) in [6, 6.07) is 5.21. The summed E-state index contributed by atoms with van der Waals surface area (Å²) in [5, 5.41) is 4.23. The minimum Gasteiger partial charge on any atom is -0.351 e. The molecule has 1 aromatic rings. The highest BCUT2D eigenvalue weighted by atomic mass is 35.5. The molecule has 0 saturated heterocycles. The molecule has 0 spiro atoms. The number of hydrogen-bond acceptors (Lipinski definition) is 2. The number of benzene rings is 1. The van der Waals surface area contributed by atoms with E-state index in [0.717, 1.165) is 5.56 Å². The van der Waals surface area contributed by atoms with Gasteiger partial charge in [-0.25, -0.2) is 0 Å². The molecule has 2 atom stereocenters. The Labute approximate surface area is 130 Å². The van der Waals surface area contributed by atoms with Crippen molar-refractivity contribution in [3.05, 3.63) is 33.8 Å². The maximum absolute atomic E-state index is 12.1. The van der Waals surface area contributed by atoms with E-state index >= 15 is 0 Å². The molecular weight excluding hydrogens is 295 g/mol. The van der Waals surface area contributed by atoms with Crippen LogP contribution < -0.4 is 11.1 Å². The molecule has 0 aliphatic rings. The van der Waals surface area contributed by atoms with Crippen LogP contribution in [0.3, 0.4) is 0 Å². The summed E-state index contributed by atoms with van der Waals surface area (Å²) in [6.45, 7) is 7.58. The Hall–Kier alpha value is -0.770. The largest absolute Gasteiger partial charge is 0.351 e. The summed E-state index contributed by atoms with van der Waals surface area (Å²) in [5.41, 5.74) is 6.30. The van der Waals surface area contributed by atoms with Crippen LogP contribution in [0, 0.1) is 5.92 Å². The maximum Gasteiger partial charge on any atom is 0.224 e. The summed E-state index contributed by atoms with van der Waals surface area (Å²) in [6.07, 6.45) is 0.625. The lowest BCUT2D eigenvalue weighted by molar-refractivity contribution is -0.126. The fourth-order valence-electron chi connectivity index (χ4n) is 1.87. The summed E-state index contributed by atoms with van der Waals surface area (Å²) in [4.78, 5) is 12.1. The molecule has 0 bridgehead atoms. The molecule has 1 amide bonds. The van der Waals surface area contributed by atoms with Crippen LogP contribution in [-0.2, 0) is 11.2 Å². The van der Waals surface area contributed by atoms with Gasteiger partial charge in [0.25, 0.3) is 0 Å².